The number of carbonyl (C=O) groups excluding carboxylic acids is 1. The summed E-state index contributed by atoms with van der Waals surface area (Å²) >= 11 is 3.15. The van der Waals surface area contributed by atoms with Crippen LogP contribution in [-0.2, 0) is 0 Å². The highest BCUT2D eigenvalue weighted by molar-refractivity contribution is 7.14. The third kappa shape index (κ3) is 3.53. The van der Waals surface area contributed by atoms with Crippen LogP contribution in [0.1, 0.15) is 16.6 Å². The van der Waals surface area contributed by atoms with Crippen molar-refractivity contribution in [1.29, 1.82) is 0 Å². The second kappa shape index (κ2) is 6.60. The number of hydrogen-bond donors (Lipinski definition) is 2. The van der Waals surface area contributed by atoms with E-state index in [4.69, 9.17) is 4.42 Å². The SMILES string of the molecule is O=C(NCC(c1ccco1)c1cccs1)Nc1cccs1. The Balaban J connectivity index is 1.64. The van der Waals surface area contributed by atoms with E-state index in [0.29, 0.717) is 6.54 Å². The Labute approximate surface area is 130 Å². The first kappa shape index (κ1) is 13.9. The maximum Gasteiger partial charge on any atom is 0.319 e. The van der Waals surface area contributed by atoms with Crippen LogP contribution < -0.4 is 10.6 Å². The van der Waals surface area contributed by atoms with Gasteiger partial charge in [0.2, 0.25) is 0 Å². The van der Waals surface area contributed by atoms with Crippen molar-refractivity contribution in [1.82, 2.24) is 5.32 Å². The summed E-state index contributed by atoms with van der Waals surface area (Å²) in [6.45, 7) is 0.491. The zero-order chi connectivity index (χ0) is 14.5. The third-order valence-electron chi connectivity index (χ3n) is 3.00. The summed E-state index contributed by atoms with van der Waals surface area (Å²) in [7, 11) is 0. The molecule has 2 N–H and O–H groups in total. The molecule has 3 rings (SSSR count). The summed E-state index contributed by atoms with van der Waals surface area (Å²) in [6, 6.07) is 11.4. The molecule has 1 atom stereocenters. The van der Waals surface area contributed by atoms with Crippen molar-refractivity contribution in [2.45, 2.75) is 5.92 Å². The molecule has 0 aromatic carbocycles. The van der Waals surface area contributed by atoms with Gasteiger partial charge < -0.3 is 9.73 Å². The number of carbonyl (C=O) groups is 1. The van der Waals surface area contributed by atoms with Crippen LogP contribution in [-0.4, -0.2) is 12.6 Å². The summed E-state index contributed by atoms with van der Waals surface area (Å²) in [6.07, 6.45) is 1.65. The van der Waals surface area contributed by atoms with Gasteiger partial charge in [0.1, 0.15) is 5.76 Å². The molecular formula is C15H14N2O2S2. The molecule has 0 aliphatic carbocycles. The summed E-state index contributed by atoms with van der Waals surface area (Å²) in [5, 5.41) is 10.5. The Hall–Kier alpha value is -2.05. The molecule has 3 aromatic heterocycles. The summed E-state index contributed by atoms with van der Waals surface area (Å²) < 4.78 is 5.49. The second-order valence-electron chi connectivity index (χ2n) is 4.40. The number of anilines is 1. The van der Waals surface area contributed by atoms with E-state index >= 15 is 0 Å². The minimum atomic E-state index is -0.203. The van der Waals surface area contributed by atoms with E-state index < -0.39 is 0 Å². The lowest BCUT2D eigenvalue weighted by atomic mass is 10.1. The minimum Gasteiger partial charge on any atom is -0.469 e. The molecule has 0 saturated heterocycles. The normalized spacial score (nSPS) is 12.0. The second-order valence-corrected chi connectivity index (χ2v) is 6.32. The van der Waals surface area contributed by atoms with Crippen LogP contribution in [0.5, 0.6) is 0 Å². The topological polar surface area (TPSA) is 54.3 Å². The summed E-state index contributed by atoms with van der Waals surface area (Å²) in [5.74, 6) is 0.892. The van der Waals surface area contributed by atoms with Gasteiger partial charge in [-0.25, -0.2) is 4.79 Å². The summed E-state index contributed by atoms with van der Waals surface area (Å²) in [5.41, 5.74) is 0. The molecule has 0 radical (unpaired) electrons. The van der Waals surface area contributed by atoms with Gasteiger partial charge in [-0.15, -0.1) is 22.7 Å². The molecule has 3 aromatic rings. The first-order chi connectivity index (χ1) is 10.3. The van der Waals surface area contributed by atoms with Gasteiger partial charge in [0.25, 0.3) is 0 Å². The maximum absolute atomic E-state index is 11.9. The molecule has 21 heavy (non-hydrogen) atoms. The number of hydrogen-bond acceptors (Lipinski definition) is 4. The minimum absolute atomic E-state index is 0.0362. The van der Waals surface area contributed by atoms with E-state index in [2.05, 4.69) is 16.7 Å². The first-order valence-electron chi connectivity index (χ1n) is 6.48. The largest absolute Gasteiger partial charge is 0.469 e. The summed E-state index contributed by atoms with van der Waals surface area (Å²) in [4.78, 5) is 13.1. The number of rotatable bonds is 5. The van der Waals surface area contributed by atoms with Crippen molar-refractivity contribution in [3.05, 3.63) is 64.1 Å². The molecule has 0 aliphatic heterocycles. The first-order valence-corrected chi connectivity index (χ1v) is 8.24. The molecular weight excluding hydrogens is 304 g/mol. The molecule has 0 aliphatic rings. The highest BCUT2D eigenvalue weighted by Gasteiger charge is 2.19. The highest BCUT2D eigenvalue weighted by atomic mass is 32.1. The van der Waals surface area contributed by atoms with Crippen molar-refractivity contribution >= 4 is 33.7 Å². The van der Waals surface area contributed by atoms with Gasteiger partial charge in [-0.1, -0.05) is 6.07 Å². The fourth-order valence-corrected chi connectivity index (χ4v) is 3.47. The van der Waals surface area contributed by atoms with Crippen LogP contribution in [0, 0.1) is 0 Å². The molecule has 0 spiro atoms. The zero-order valence-electron chi connectivity index (χ0n) is 11.1. The van der Waals surface area contributed by atoms with Crippen LogP contribution >= 0.6 is 22.7 Å². The third-order valence-corrected chi connectivity index (χ3v) is 4.77. The Morgan fingerprint density at radius 1 is 1.14 bits per heavy atom. The van der Waals surface area contributed by atoms with E-state index in [0.717, 1.165) is 10.8 Å². The predicted octanol–water partition coefficient (Wildman–Crippen LogP) is 4.36. The van der Waals surface area contributed by atoms with Crippen LogP contribution in [0.3, 0.4) is 0 Å². The Kier molecular flexibility index (Phi) is 4.37. The smallest absolute Gasteiger partial charge is 0.319 e. The lowest BCUT2D eigenvalue weighted by molar-refractivity contribution is 0.251. The van der Waals surface area contributed by atoms with Crippen LogP contribution in [0.2, 0.25) is 0 Å². The lowest BCUT2D eigenvalue weighted by Crippen LogP contribution is -2.32. The Morgan fingerprint density at radius 3 is 2.67 bits per heavy atom. The van der Waals surface area contributed by atoms with E-state index in [1.165, 1.54) is 16.2 Å². The Bertz CT molecular complexity index is 626. The highest BCUT2D eigenvalue weighted by Crippen LogP contribution is 2.28. The van der Waals surface area contributed by atoms with E-state index in [1.807, 2.05) is 41.1 Å². The van der Waals surface area contributed by atoms with Crippen molar-refractivity contribution < 1.29 is 9.21 Å². The molecule has 6 heteroatoms. The van der Waals surface area contributed by atoms with Crippen molar-refractivity contribution in [3.8, 4) is 0 Å². The predicted molar refractivity (Wildman–Crippen MR) is 86.2 cm³/mol. The molecule has 4 nitrogen and oxygen atoms in total. The van der Waals surface area contributed by atoms with Crippen molar-refractivity contribution in [2.75, 3.05) is 11.9 Å². The van der Waals surface area contributed by atoms with Gasteiger partial charge in [-0.3, -0.25) is 5.32 Å². The fourth-order valence-electron chi connectivity index (χ4n) is 2.02. The maximum atomic E-state index is 11.9. The van der Waals surface area contributed by atoms with Crippen LogP contribution in [0.4, 0.5) is 9.80 Å². The molecule has 2 amide bonds. The van der Waals surface area contributed by atoms with Crippen molar-refractivity contribution in [2.24, 2.45) is 0 Å². The van der Waals surface area contributed by atoms with E-state index in [9.17, 15) is 4.79 Å². The number of thiophene rings is 2. The van der Waals surface area contributed by atoms with Gasteiger partial charge in [0.05, 0.1) is 17.2 Å². The monoisotopic (exact) mass is 318 g/mol. The number of amides is 2. The molecule has 0 bridgehead atoms. The standard InChI is InChI=1S/C15H14N2O2S2/c18-15(17-14-6-3-9-21-14)16-10-11(12-4-1-7-19-12)13-5-2-8-20-13/h1-9,11H,10H2,(H2,16,17,18). The van der Waals surface area contributed by atoms with Gasteiger partial charge >= 0.3 is 6.03 Å². The zero-order valence-corrected chi connectivity index (χ0v) is 12.7. The van der Waals surface area contributed by atoms with Gasteiger partial charge in [0, 0.05) is 11.4 Å². The van der Waals surface area contributed by atoms with E-state index in [1.54, 1.807) is 17.6 Å². The van der Waals surface area contributed by atoms with Gasteiger partial charge in [-0.2, -0.15) is 0 Å². The average molecular weight is 318 g/mol. The molecule has 0 fully saturated rings. The quantitative estimate of drug-likeness (QED) is 0.734. The average Bonchev–Trinajstić information content (AvgIpc) is 3.23. The van der Waals surface area contributed by atoms with E-state index in [-0.39, 0.29) is 11.9 Å². The van der Waals surface area contributed by atoms with Gasteiger partial charge in [-0.05, 0) is 41.1 Å². The molecule has 3 heterocycles. The van der Waals surface area contributed by atoms with Crippen LogP contribution in [0.25, 0.3) is 0 Å². The number of nitrogens with one attached hydrogen (secondary N) is 2. The van der Waals surface area contributed by atoms with Crippen LogP contribution in [0.15, 0.2) is 57.8 Å². The lowest BCUT2D eigenvalue weighted by Gasteiger charge is -2.14. The molecule has 0 saturated carbocycles. The molecule has 108 valence electrons. The fraction of sp³-hybridized carbons (Fsp3) is 0.133. The number of urea groups is 1. The van der Waals surface area contributed by atoms with Gasteiger partial charge in [0.15, 0.2) is 0 Å². The molecule has 1 unspecified atom stereocenters. The van der Waals surface area contributed by atoms with Crippen molar-refractivity contribution in [3.63, 3.8) is 0 Å². The number of furan rings is 1. The Morgan fingerprint density at radius 2 is 2.00 bits per heavy atom.